The highest BCUT2D eigenvalue weighted by Crippen LogP contribution is 2.36. The van der Waals surface area contributed by atoms with Crippen molar-refractivity contribution in [3.8, 4) is 11.5 Å². The zero-order chi connectivity index (χ0) is 13.2. The Morgan fingerprint density at radius 2 is 1.95 bits per heavy atom. The van der Waals surface area contributed by atoms with Gasteiger partial charge in [-0.3, -0.25) is 0 Å². The first-order valence-corrected chi connectivity index (χ1v) is 7.43. The van der Waals surface area contributed by atoms with Crippen LogP contribution in [0, 0.1) is 5.92 Å². The molecule has 3 heteroatoms. The summed E-state index contributed by atoms with van der Waals surface area (Å²) in [4.78, 5) is 0. The predicted octanol–water partition coefficient (Wildman–Crippen LogP) is 3.30. The maximum absolute atomic E-state index is 5.65. The molecule has 1 heterocycles. The largest absolute Gasteiger partial charge is 0.486 e. The number of fused-ring (bicyclic) bond motifs is 1. The van der Waals surface area contributed by atoms with E-state index >= 15 is 0 Å². The Morgan fingerprint density at radius 3 is 2.63 bits per heavy atom. The summed E-state index contributed by atoms with van der Waals surface area (Å²) in [6, 6.07) is 7.31. The van der Waals surface area contributed by atoms with Crippen molar-refractivity contribution in [2.75, 3.05) is 13.2 Å². The molecular formula is C16H23NO2. The van der Waals surface area contributed by atoms with Gasteiger partial charge in [-0.25, -0.2) is 0 Å². The van der Waals surface area contributed by atoms with Gasteiger partial charge in [0.15, 0.2) is 11.5 Å². The third kappa shape index (κ3) is 2.86. The molecule has 1 fully saturated rings. The summed E-state index contributed by atoms with van der Waals surface area (Å²) in [6.45, 7) is 5.81. The first-order valence-electron chi connectivity index (χ1n) is 7.43. The van der Waals surface area contributed by atoms with E-state index in [9.17, 15) is 0 Å². The van der Waals surface area contributed by atoms with Crippen LogP contribution in [0.15, 0.2) is 18.2 Å². The number of ether oxygens (including phenoxy) is 2. The van der Waals surface area contributed by atoms with Crippen molar-refractivity contribution in [2.24, 2.45) is 5.92 Å². The van der Waals surface area contributed by atoms with Gasteiger partial charge in [0, 0.05) is 12.1 Å². The summed E-state index contributed by atoms with van der Waals surface area (Å²) in [5, 5.41) is 3.76. The fourth-order valence-electron chi connectivity index (χ4n) is 2.83. The second-order valence-electron chi connectivity index (χ2n) is 5.64. The van der Waals surface area contributed by atoms with E-state index in [2.05, 4.69) is 31.3 Å². The van der Waals surface area contributed by atoms with Gasteiger partial charge in [-0.1, -0.05) is 13.0 Å². The van der Waals surface area contributed by atoms with Crippen LogP contribution >= 0.6 is 0 Å². The molecule has 3 nitrogen and oxygen atoms in total. The van der Waals surface area contributed by atoms with E-state index < -0.39 is 0 Å². The molecule has 0 amide bonds. The Hall–Kier alpha value is -1.22. The molecule has 3 rings (SSSR count). The van der Waals surface area contributed by atoms with E-state index in [4.69, 9.17) is 9.47 Å². The van der Waals surface area contributed by atoms with Crippen LogP contribution in [0.5, 0.6) is 11.5 Å². The summed E-state index contributed by atoms with van der Waals surface area (Å²) in [6.07, 6.45) is 3.98. The third-order valence-electron chi connectivity index (χ3n) is 4.16. The molecule has 0 radical (unpaired) electrons. The topological polar surface area (TPSA) is 30.5 Å². The SMILES string of the molecule is CCC(NC(C)c1ccc2c(c1)OCCO2)C1CC1. The summed E-state index contributed by atoms with van der Waals surface area (Å²) in [7, 11) is 0. The van der Waals surface area contributed by atoms with E-state index in [1.165, 1.54) is 24.8 Å². The lowest BCUT2D eigenvalue weighted by atomic mass is 10.0. The second-order valence-corrected chi connectivity index (χ2v) is 5.64. The quantitative estimate of drug-likeness (QED) is 0.882. The first-order chi connectivity index (χ1) is 9.28. The van der Waals surface area contributed by atoms with Crippen LogP contribution in [0.2, 0.25) is 0 Å². The van der Waals surface area contributed by atoms with Gasteiger partial charge in [0.1, 0.15) is 13.2 Å². The number of nitrogens with one attached hydrogen (secondary N) is 1. The molecule has 1 aromatic carbocycles. The van der Waals surface area contributed by atoms with Gasteiger partial charge in [-0.05, 0) is 49.8 Å². The lowest BCUT2D eigenvalue weighted by molar-refractivity contribution is 0.171. The maximum atomic E-state index is 5.65. The average molecular weight is 261 g/mol. The molecule has 0 saturated heterocycles. The van der Waals surface area contributed by atoms with Crippen molar-refractivity contribution < 1.29 is 9.47 Å². The lowest BCUT2D eigenvalue weighted by Crippen LogP contribution is -2.32. The lowest BCUT2D eigenvalue weighted by Gasteiger charge is -2.24. The van der Waals surface area contributed by atoms with Crippen LogP contribution in [-0.2, 0) is 0 Å². The second kappa shape index (κ2) is 5.41. The molecule has 1 saturated carbocycles. The van der Waals surface area contributed by atoms with Crippen molar-refractivity contribution in [1.29, 1.82) is 0 Å². The molecule has 19 heavy (non-hydrogen) atoms. The fourth-order valence-corrected chi connectivity index (χ4v) is 2.83. The molecule has 1 N–H and O–H groups in total. The Bertz CT molecular complexity index is 442. The molecule has 104 valence electrons. The standard InChI is InChI=1S/C16H23NO2/c1-3-14(12-4-5-12)17-11(2)13-6-7-15-16(10-13)19-9-8-18-15/h6-7,10-12,14,17H,3-5,8-9H2,1-2H3. The highest BCUT2D eigenvalue weighted by molar-refractivity contribution is 5.44. The summed E-state index contributed by atoms with van der Waals surface area (Å²) < 4.78 is 11.2. The molecule has 0 aromatic heterocycles. The summed E-state index contributed by atoms with van der Waals surface area (Å²) >= 11 is 0. The summed E-state index contributed by atoms with van der Waals surface area (Å²) in [5.74, 6) is 2.65. The van der Waals surface area contributed by atoms with Gasteiger partial charge in [-0.2, -0.15) is 0 Å². The van der Waals surface area contributed by atoms with E-state index in [1.54, 1.807) is 0 Å². The van der Waals surface area contributed by atoms with Crippen LogP contribution in [0.4, 0.5) is 0 Å². The van der Waals surface area contributed by atoms with Crippen molar-refractivity contribution in [2.45, 2.75) is 45.2 Å². The third-order valence-corrected chi connectivity index (χ3v) is 4.16. The molecular weight excluding hydrogens is 238 g/mol. The zero-order valence-corrected chi connectivity index (χ0v) is 11.8. The maximum Gasteiger partial charge on any atom is 0.161 e. The van der Waals surface area contributed by atoms with Gasteiger partial charge in [0.25, 0.3) is 0 Å². The molecule has 0 bridgehead atoms. The number of hydrogen-bond donors (Lipinski definition) is 1. The Morgan fingerprint density at radius 1 is 1.21 bits per heavy atom. The normalized spacial score (nSPS) is 20.9. The van der Waals surface area contributed by atoms with Crippen molar-refractivity contribution in [1.82, 2.24) is 5.32 Å². The number of hydrogen-bond acceptors (Lipinski definition) is 3. The van der Waals surface area contributed by atoms with E-state index in [0.717, 1.165) is 17.4 Å². The molecule has 1 aromatic rings. The van der Waals surface area contributed by atoms with Gasteiger partial charge < -0.3 is 14.8 Å². The van der Waals surface area contributed by atoms with Crippen LogP contribution in [0.1, 0.15) is 44.7 Å². The van der Waals surface area contributed by atoms with Gasteiger partial charge in [0.05, 0.1) is 0 Å². The van der Waals surface area contributed by atoms with Crippen LogP contribution in [0.3, 0.4) is 0 Å². The van der Waals surface area contributed by atoms with Crippen molar-refractivity contribution >= 4 is 0 Å². The Balaban J connectivity index is 1.70. The molecule has 2 atom stereocenters. The fraction of sp³-hybridized carbons (Fsp3) is 0.625. The van der Waals surface area contributed by atoms with E-state index in [0.29, 0.717) is 25.3 Å². The zero-order valence-electron chi connectivity index (χ0n) is 11.8. The van der Waals surface area contributed by atoms with Crippen molar-refractivity contribution in [3.63, 3.8) is 0 Å². The minimum Gasteiger partial charge on any atom is -0.486 e. The molecule has 2 unspecified atom stereocenters. The van der Waals surface area contributed by atoms with Gasteiger partial charge >= 0.3 is 0 Å². The van der Waals surface area contributed by atoms with Crippen LogP contribution in [0.25, 0.3) is 0 Å². The van der Waals surface area contributed by atoms with Gasteiger partial charge in [0.2, 0.25) is 0 Å². The summed E-state index contributed by atoms with van der Waals surface area (Å²) in [5.41, 5.74) is 1.28. The smallest absolute Gasteiger partial charge is 0.161 e. The monoisotopic (exact) mass is 261 g/mol. The number of benzene rings is 1. The van der Waals surface area contributed by atoms with Gasteiger partial charge in [-0.15, -0.1) is 0 Å². The molecule has 2 aliphatic rings. The predicted molar refractivity (Wildman–Crippen MR) is 75.8 cm³/mol. The van der Waals surface area contributed by atoms with Crippen molar-refractivity contribution in [3.05, 3.63) is 23.8 Å². The van der Waals surface area contributed by atoms with E-state index in [-0.39, 0.29) is 0 Å². The molecule has 1 aliphatic heterocycles. The van der Waals surface area contributed by atoms with Crippen LogP contribution in [-0.4, -0.2) is 19.3 Å². The molecule has 0 spiro atoms. The van der Waals surface area contributed by atoms with Crippen LogP contribution < -0.4 is 14.8 Å². The average Bonchev–Trinajstić information content (AvgIpc) is 3.28. The highest BCUT2D eigenvalue weighted by Gasteiger charge is 2.30. The first kappa shape index (κ1) is 12.8. The minimum atomic E-state index is 0.362. The molecule has 1 aliphatic carbocycles. The van der Waals surface area contributed by atoms with E-state index in [1.807, 2.05) is 6.07 Å². The highest BCUT2D eigenvalue weighted by atomic mass is 16.6. The Labute approximate surface area is 115 Å². The minimum absolute atomic E-state index is 0.362. The Kier molecular flexibility index (Phi) is 3.65. The number of rotatable bonds is 5.